The fourth-order valence-corrected chi connectivity index (χ4v) is 2.32. The number of carbonyl (C=O) groups excluding carboxylic acids is 1. The van der Waals surface area contributed by atoms with Gasteiger partial charge in [-0.25, -0.2) is 8.78 Å². The number of hydrogen-bond donors (Lipinski definition) is 2. The quantitative estimate of drug-likeness (QED) is 0.759. The number of phenols is 1. The molecule has 128 valence electrons. The molecule has 6 nitrogen and oxygen atoms in total. The molecule has 1 aromatic heterocycles. The van der Waals surface area contributed by atoms with E-state index >= 15 is 0 Å². The maximum Gasteiger partial charge on any atom is 0.256 e. The smallest absolute Gasteiger partial charge is 0.256 e. The van der Waals surface area contributed by atoms with Crippen molar-refractivity contribution in [2.24, 2.45) is 0 Å². The fourth-order valence-electron chi connectivity index (χ4n) is 2.32. The molecule has 3 rings (SSSR count). The van der Waals surface area contributed by atoms with Crippen LogP contribution in [0.5, 0.6) is 5.75 Å². The number of halogens is 2. The molecule has 0 bridgehead atoms. The number of aryl methyl sites for hydroxylation is 1. The van der Waals surface area contributed by atoms with Gasteiger partial charge in [0.2, 0.25) is 5.89 Å². The standard InChI is InChI=1S/C17H13F2N3O3/c1-9-20-16(22-25-9)15(11-4-2-3-5-13(11)19)21-17(24)12-8-10(18)6-7-14(12)23/h2-8,15,23H,1H3,(H,21,24). The first-order chi connectivity index (χ1) is 12.0. The van der Waals surface area contributed by atoms with Crippen LogP contribution in [0.3, 0.4) is 0 Å². The van der Waals surface area contributed by atoms with Gasteiger partial charge in [-0.05, 0) is 24.3 Å². The van der Waals surface area contributed by atoms with E-state index in [9.17, 15) is 18.7 Å². The normalized spacial score (nSPS) is 12.0. The summed E-state index contributed by atoms with van der Waals surface area (Å²) in [5, 5.41) is 16.0. The lowest BCUT2D eigenvalue weighted by Gasteiger charge is -2.17. The van der Waals surface area contributed by atoms with Gasteiger partial charge in [0.25, 0.3) is 5.91 Å². The number of aromatic nitrogens is 2. The van der Waals surface area contributed by atoms with Crippen LogP contribution < -0.4 is 5.32 Å². The summed E-state index contributed by atoms with van der Waals surface area (Å²) >= 11 is 0. The van der Waals surface area contributed by atoms with Gasteiger partial charge in [-0.15, -0.1) is 0 Å². The van der Waals surface area contributed by atoms with E-state index in [-0.39, 0.29) is 22.8 Å². The molecular weight excluding hydrogens is 332 g/mol. The summed E-state index contributed by atoms with van der Waals surface area (Å²) in [6.07, 6.45) is 0. The van der Waals surface area contributed by atoms with Gasteiger partial charge in [-0.2, -0.15) is 4.98 Å². The van der Waals surface area contributed by atoms with Gasteiger partial charge in [-0.3, -0.25) is 4.79 Å². The van der Waals surface area contributed by atoms with Crippen molar-refractivity contribution in [1.82, 2.24) is 15.5 Å². The van der Waals surface area contributed by atoms with Gasteiger partial charge in [0, 0.05) is 12.5 Å². The van der Waals surface area contributed by atoms with Crippen LogP contribution in [-0.2, 0) is 0 Å². The third kappa shape index (κ3) is 3.47. The highest BCUT2D eigenvalue weighted by molar-refractivity contribution is 5.97. The number of carbonyl (C=O) groups is 1. The minimum atomic E-state index is -1.08. The molecule has 0 spiro atoms. The third-order valence-electron chi connectivity index (χ3n) is 3.50. The van der Waals surface area contributed by atoms with E-state index in [0.717, 1.165) is 18.2 Å². The van der Waals surface area contributed by atoms with Crippen molar-refractivity contribution in [2.75, 3.05) is 0 Å². The Bertz CT molecular complexity index is 927. The van der Waals surface area contributed by atoms with Crippen molar-refractivity contribution < 1.29 is 23.2 Å². The highest BCUT2D eigenvalue weighted by Crippen LogP contribution is 2.25. The summed E-state index contributed by atoms with van der Waals surface area (Å²) in [6, 6.07) is 7.64. The molecule has 0 aliphatic carbocycles. The lowest BCUT2D eigenvalue weighted by Crippen LogP contribution is -2.31. The van der Waals surface area contributed by atoms with E-state index in [1.165, 1.54) is 18.2 Å². The number of nitrogens with one attached hydrogen (secondary N) is 1. The second-order valence-electron chi connectivity index (χ2n) is 5.26. The highest BCUT2D eigenvalue weighted by atomic mass is 19.1. The Hall–Kier alpha value is -3.29. The predicted molar refractivity (Wildman–Crippen MR) is 82.8 cm³/mol. The van der Waals surface area contributed by atoms with E-state index < -0.39 is 29.3 Å². The molecule has 1 unspecified atom stereocenters. The van der Waals surface area contributed by atoms with E-state index in [2.05, 4.69) is 15.5 Å². The van der Waals surface area contributed by atoms with Crippen LogP contribution in [0.25, 0.3) is 0 Å². The Morgan fingerprint density at radius 1 is 1.24 bits per heavy atom. The Morgan fingerprint density at radius 3 is 2.68 bits per heavy atom. The molecule has 1 atom stereocenters. The number of amides is 1. The predicted octanol–water partition coefficient (Wildman–Crippen LogP) is 2.88. The van der Waals surface area contributed by atoms with Crippen LogP contribution in [0.15, 0.2) is 47.0 Å². The zero-order valence-electron chi connectivity index (χ0n) is 13.0. The maximum atomic E-state index is 14.2. The molecule has 0 fully saturated rings. The van der Waals surface area contributed by atoms with E-state index in [4.69, 9.17) is 4.52 Å². The SMILES string of the molecule is Cc1nc(C(NC(=O)c2cc(F)ccc2O)c2ccccc2F)no1. The lowest BCUT2D eigenvalue weighted by atomic mass is 10.0. The van der Waals surface area contributed by atoms with Crippen LogP contribution in [-0.4, -0.2) is 21.2 Å². The Labute approximate surface area is 141 Å². The molecule has 2 aromatic carbocycles. The average Bonchev–Trinajstić information content (AvgIpc) is 3.01. The number of phenolic OH excluding ortho intramolecular Hbond substituents is 1. The van der Waals surface area contributed by atoms with E-state index in [1.54, 1.807) is 13.0 Å². The van der Waals surface area contributed by atoms with Crippen molar-refractivity contribution >= 4 is 5.91 Å². The Kier molecular flexibility index (Phi) is 4.42. The molecule has 2 N–H and O–H groups in total. The van der Waals surface area contributed by atoms with E-state index in [1.807, 2.05) is 0 Å². The topological polar surface area (TPSA) is 88.2 Å². The van der Waals surface area contributed by atoms with E-state index in [0.29, 0.717) is 0 Å². The Balaban J connectivity index is 1.99. The zero-order chi connectivity index (χ0) is 18.0. The molecule has 0 saturated heterocycles. The molecule has 0 saturated carbocycles. The molecular formula is C17H13F2N3O3. The molecule has 1 heterocycles. The first kappa shape index (κ1) is 16.6. The summed E-state index contributed by atoms with van der Waals surface area (Å²) in [4.78, 5) is 16.5. The molecule has 3 aromatic rings. The first-order valence-electron chi connectivity index (χ1n) is 7.29. The molecule has 0 aliphatic heterocycles. The van der Waals surface area contributed by atoms with Gasteiger partial charge in [0.1, 0.15) is 23.4 Å². The molecule has 25 heavy (non-hydrogen) atoms. The second-order valence-corrected chi connectivity index (χ2v) is 5.26. The molecule has 8 heteroatoms. The minimum absolute atomic E-state index is 0.0341. The summed E-state index contributed by atoms with van der Waals surface area (Å²) in [7, 11) is 0. The van der Waals surface area contributed by atoms with Crippen LogP contribution in [0.4, 0.5) is 8.78 Å². The minimum Gasteiger partial charge on any atom is -0.507 e. The number of aromatic hydroxyl groups is 1. The number of hydrogen-bond acceptors (Lipinski definition) is 5. The maximum absolute atomic E-state index is 14.2. The number of benzene rings is 2. The van der Waals surface area contributed by atoms with Crippen molar-refractivity contribution in [3.8, 4) is 5.75 Å². The molecule has 0 aliphatic rings. The monoisotopic (exact) mass is 345 g/mol. The van der Waals surface area contributed by atoms with Crippen molar-refractivity contribution in [1.29, 1.82) is 0 Å². The summed E-state index contributed by atoms with van der Waals surface area (Å²) in [5.74, 6) is -2.23. The Morgan fingerprint density at radius 2 is 2.00 bits per heavy atom. The highest BCUT2D eigenvalue weighted by Gasteiger charge is 2.26. The van der Waals surface area contributed by atoms with Crippen LogP contribution in [0.2, 0.25) is 0 Å². The molecule has 1 amide bonds. The van der Waals surface area contributed by atoms with Gasteiger partial charge in [0.05, 0.1) is 5.56 Å². The average molecular weight is 345 g/mol. The second kappa shape index (κ2) is 6.68. The zero-order valence-corrected chi connectivity index (χ0v) is 13.0. The first-order valence-corrected chi connectivity index (χ1v) is 7.29. The van der Waals surface area contributed by atoms with Crippen LogP contribution in [0, 0.1) is 18.6 Å². The van der Waals surface area contributed by atoms with Gasteiger partial charge < -0.3 is 14.9 Å². The number of rotatable bonds is 4. The van der Waals surface area contributed by atoms with Crippen molar-refractivity contribution in [3.05, 3.63) is 76.9 Å². The summed E-state index contributed by atoms with van der Waals surface area (Å²) in [6.45, 7) is 1.55. The lowest BCUT2D eigenvalue weighted by molar-refractivity contribution is 0.0937. The van der Waals surface area contributed by atoms with Crippen LogP contribution >= 0.6 is 0 Å². The largest absolute Gasteiger partial charge is 0.507 e. The van der Waals surface area contributed by atoms with Crippen molar-refractivity contribution in [2.45, 2.75) is 13.0 Å². The summed E-state index contributed by atoms with van der Waals surface area (Å²) in [5.41, 5.74) is -0.186. The third-order valence-corrected chi connectivity index (χ3v) is 3.50. The number of nitrogens with zero attached hydrogens (tertiary/aromatic N) is 2. The molecule has 0 radical (unpaired) electrons. The van der Waals surface area contributed by atoms with Crippen LogP contribution in [0.1, 0.15) is 33.7 Å². The van der Waals surface area contributed by atoms with Gasteiger partial charge in [-0.1, -0.05) is 23.4 Å². The van der Waals surface area contributed by atoms with Crippen molar-refractivity contribution in [3.63, 3.8) is 0 Å². The summed E-state index contributed by atoms with van der Waals surface area (Å²) < 4.78 is 32.4. The fraction of sp³-hybridized carbons (Fsp3) is 0.118. The van der Waals surface area contributed by atoms with Gasteiger partial charge >= 0.3 is 0 Å². The van der Waals surface area contributed by atoms with Gasteiger partial charge in [0.15, 0.2) is 5.82 Å².